The highest BCUT2D eigenvalue weighted by molar-refractivity contribution is 9.10. The molecular weight excluding hydrogens is 392 g/mol. The molecule has 2 aromatic carbocycles. The van der Waals surface area contributed by atoms with Crippen LogP contribution in [0, 0.1) is 0 Å². The maximum absolute atomic E-state index is 11.9. The number of halogens is 1. The van der Waals surface area contributed by atoms with Crippen LogP contribution in [0.1, 0.15) is 56.2 Å². The van der Waals surface area contributed by atoms with Crippen molar-refractivity contribution in [3.8, 4) is 5.75 Å². The first kappa shape index (κ1) is 20.2. The standard InChI is InChI=1S/C21H25BrN2O2/c1-14(2)17-7-5-16(6-8-17)12-23-24-21(25)13-26-20-10-9-18(15(3)4)11-19(20)22/h5-12,14-15H,13H2,1-4H3,(H,24,25). The fourth-order valence-corrected chi connectivity index (χ4v) is 2.83. The molecule has 0 aliphatic carbocycles. The van der Waals surface area contributed by atoms with E-state index in [1.807, 2.05) is 30.3 Å². The summed E-state index contributed by atoms with van der Waals surface area (Å²) in [7, 11) is 0. The number of carbonyl (C=O) groups excluding carboxylic acids is 1. The molecule has 0 aliphatic heterocycles. The maximum atomic E-state index is 11.9. The second kappa shape index (κ2) is 9.53. The lowest BCUT2D eigenvalue weighted by Gasteiger charge is -2.10. The minimum atomic E-state index is -0.306. The average Bonchev–Trinajstić information content (AvgIpc) is 2.61. The van der Waals surface area contributed by atoms with Crippen molar-refractivity contribution in [2.45, 2.75) is 39.5 Å². The van der Waals surface area contributed by atoms with E-state index in [2.05, 4.69) is 66.3 Å². The number of rotatable bonds is 7. The Morgan fingerprint density at radius 2 is 1.69 bits per heavy atom. The molecule has 0 atom stereocenters. The van der Waals surface area contributed by atoms with Gasteiger partial charge in [-0.2, -0.15) is 5.10 Å². The van der Waals surface area contributed by atoms with Gasteiger partial charge < -0.3 is 4.74 Å². The number of benzene rings is 2. The highest BCUT2D eigenvalue weighted by atomic mass is 79.9. The number of carbonyl (C=O) groups is 1. The lowest BCUT2D eigenvalue weighted by molar-refractivity contribution is -0.123. The van der Waals surface area contributed by atoms with Crippen LogP contribution in [0.25, 0.3) is 0 Å². The zero-order valence-electron chi connectivity index (χ0n) is 15.6. The highest BCUT2D eigenvalue weighted by Gasteiger charge is 2.07. The van der Waals surface area contributed by atoms with Crippen molar-refractivity contribution in [2.24, 2.45) is 5.10 Å². The van der Waals surface area contributed by atoms with Gasteiger partial charge in [0.15, 0.2) is 6.61 Å². The molecule has 0 spiro atoms. The molecule has 0 fully saturated rings. The van der Waals surface area contributed by atoms with E-state index in [1.165, 1.54) is 11.1 Å². The first-order chi connectivity index (χ1) is 12.4. The topological polar surface area (TPSA) is 50.7 Å². The van der Waals surface area contributed by atoms with Gasteiger partial charge in [0.2, 0.25) is 0 Å². The van der Waals surface area contributed by atoms with Crippen LogP contribution < -0.4 is 10.2 Å². The molecule has 0 heterocycles. The largest absolute Gasteiger partial charge is 0.483 e. The maximum Gasteiger partial charge on any atom is 0.277 e. The third-order valence-corrected chi connectivity index (χ3v) is 4.61. The first-order valence-electron chi connectivity index (χ1n) is 8.71. The van der Waals surface area contributed by atoms with E-state index in [0.717, 1.165) is 10.0 Å². The number of hydrogen-bond acceptors (Lipinski definition) is 3. The summed E-state index contributed by atoms with van der Waals surface area (Å²) >= 11 is 3.48. The molecule has 0 unspecified atom stereocenters. The van der Waals surface area contributed by atoms with Crippen LogP contribution in [0.15, 0.2) is 52.0 Å². The van der Waals surface area contributed by atoms with Crippen LogP contribution in [0.4, 0.5) is 0 Å². The lowest BCUT2D eigenvalue weighted by atomic mass is 10.0. The van der Waals surface area contributed by atoms with E-state index in [0.29, 0.717) is 17.6 Å². The molecule has 0 saturated carbocycles. The number of hydrazone groups is 1. The number of nitrogens with zero attached hydrogens (tertiary/aromatic N) is 1. The monoisotopic (exact) mass is 416 g/mol. The van der Waals surface area contributed by atoms with E-state index in [1.54, 1.807) is 6.21 Å². The second-order valence-corrected chi connectivity index (χ2v) is 7.60. The van der Waals surface area contributed by atoms with Gasteiger partial charge in [0.25, 0.3) is 5.91 Å². The molecule has 0 radical (unpaired) electrons. The Kier molecular flexibility index (Phi) is 7.39. The third-order valence-electron chi connectivity index (χ3n) is 3.99. The zero-order chi connectivity index (χ0) is 19.1. The van der Waals surface area contributed by atoms with Gasteiger partial charge in [-0.3, -0.25) is 4.79 Å². The summed E-state index contributed by atoms with van der Waals surface area (Å²) in [5.74, 6) is 1.26. The number of hydrogen-bond donors (Lipinski definition) is 1. The molecule has 0 bridgehead atoms. The molecule has 26 heavy (non-hydrogen) atoms. The van der Waals surface area contributed by atoms with Gasteiger partial charge in [0.05, 0.1) is 10.7 Å². The highest BCUT2D eigenvalue weighted by Crippen LogP contribution is 2.28. The van der Waals surface area contributed by atoms with Crippen molar-refractivity contribution in [1.29, 1.82) is 0 Å². The van der Waals surface area contributed by atoms with Crippen molar-refractivity contribution in [3.63, 3.8) is 0 Å². The van der Waals surface area contributed by atoms with Crippen LogP contribution in [-0.2, 0) is 4.79 Å². The quantitative estimate of drug-likeness (QED) is 0.496. The molecule has 1 N–H and O–H groups in total. The Labute approximate surface area is 163 Å². The predicted molar refractivity (Wildman–Crippen MR) is 110 cm³/mol. The Morgan fingerprint density at radius 1 is 1.08 bits per heavy atom. The van der Waals surface area contributed by atoms with Gasteiger partial charge in [0.1, 0.15) is 5.75 Å². The second-order valence-electron chi connectivity index (χ2n) is 6.75. The van der Waals surface area contributed by atoms with Gasteiger partial charge >= 0.3 is 0 Å². The number of ether oxygens (including phenoxy) is 1. The Hall–Kier alpha value is -2.14. The van der Waals surface area contributed by atoms with E-state index < -0.39 is 0 Å². The summed E-state index contributed by atoms with van der Waals surface area (Å²) in [6.07, 6.45) is 1.62. The Bertz CT molecular complexity index is 768. The fraction of sp³-hybridized carbons (Fsp3) is 0.333. The SMILES string of the molecule is CC(C)c1ccc(C=NNC(=O)COc2ccc(C(C)C)cc2Br)cc1. The molecule has 0 aromatic heterocycles. The van der Waals surface area contributed by atoms with Gasteiger partial charge in [-0.05, 0) is 56.6 Å². The molecule has 138 valence electrons. The van der Waals surface area contributed by atoms with E-state index in [4.69, 9.17) is 4.74 Å². The van der Waals surface area contributed by atoms with Gasteiger partial charge in [-0.1, -0.05) is 58.0 Å². The summed E-state index contributed by atoms with van der Waals surface area (Å²) in [5.41, 5.74) is 5.89. The summed E-state index contributed by atoms with van der Waals surface area (Å²) in [6, 6.07) is 14.0. The molecule has 5 heteroatoms. The van der Waals surface area contributed by atoms with Crippen LogP contribution in [-0.4, -0.2) is 18.7 Å². The Morgan fingerprint density at radius 3 is 2.27 bits per heavy atom. The third kappa shape index (κ3) is 5.99. The van der Waals surface area contributed by atoms with Crippen molar-refractivity contribution < 1.29 is 9.53 Å². The molecular formula is C21H25BrN2O2. The molecule has 0 aliphatic rings. The molecule has 2 rings (SSSR count). The summed E-state index contributed by atoms with van der Waals surface area (Å²) < 4.78 is 6.38. The zero-order valence-corrected chi connectivity index (χ0v) is 17.2. The van der Waals surface area contributed by atoms with Crippen LogP contribution in [0.2, 0.25) is 0 Å². The lowest BCUT2D eigenvalue weighted by Crippen LogP contribution is -2.24. The van der Waals surface area contributed by atoms with Crippen molar-refractivity contribution in [2.75, 3.05) is 6.61 Å². The van der Waals surface area contributed by atoms with Crippen LogP contribution in [0.5, 0.6) is 5.75 Å². The number of amides is 1. The smallest absolute Gasteiger partial charge is 0.277 e. The van der Waals surface area contributed by atoms with Gasteiger partial charge in [-0.25, -0.2) is 5.43 Å². The summed E-state index contributed by atoms with van der Waals surface area (Å²) in [5, 5.41) is 3.97. The number of nitrogens with one attached hydrogen (secondary N) is 1. The summed E-state index contributed by atoms with van der Waals surface area (Å²) in [4.78, 5) is 11.9. The fourth-order valence-electron chi connectivity index (χ4n) is 2.31. The summed E-state index contributed by atoms with van der Waals surface area (Å²) in [6.45, 7) is 8.47. The molecule has 2 aromatic rings. The van der Waals surface area contributed by atoms with Crippen molar-refractivity contribution >= 4 is 28.1 Å². The van der Waals surface area contributed by atoms with Crippen molar-refractivity contribution in [3.05, 3.63) is 63.6 Å². The normalized spacial score (nSPS) is 11.3. The van der Waals surface area contributed by atoms with Crippen LogP contribution in [0.3, 0.4) is 0 Å². The van der Waals surface area contributed by atoms with E-state index in [9.17, 15) is 4.79 Å². The van der Waals surface area contributed by atoms with Crippen LogP contribution >= 0.6 is 15.9 Å². The first-order valence-corrected chi connectivity index (χ1v) is 9.50. The Balaban J connectivity index is 1.83. The molecule has 4 nitrogen and oxygen atoms in total. The minimum Gasteiger partial charge on any atom is -0.483 e. The van der Waals surface area contributed by atoms with E-state index >= 15 is 0 Å². The van der Waals surface area contributed by atoms with Gasteiger partial charge in [0, 0.05) is 0 Å². The van der Waals surface area contributed by atoms with Crippen molar-refractivity contribution in [1.82, 2.24) is 5.43 Å². The molecule has 0 saturated heterocycles. The predicted octanol–water partition coefficient (Wildman–Crippen LogP) is 5.23. The minimum absolute atomic E-state index is 0.0940. The van der Waals surface area contributed by atoms with E-state index in [-0.39, 0.29) is 12.5 Å². The molecule has 1 amide bonds. The average molecular weight is 417 g/mol. The van der Waals surface area contributed by atoms with Gasteiger partial charge in [-0.15, -0.1) is 0 Å².